The Balaban J connectivity index is 0.000000186. The maximum atomic E-state index is 13.1. The number of nitrogens with zero attached hydrogens (tertiary/aromatic N) is 5. The third-order valence-electron chi connectivity index (χ3n) is 11.3. The van der Waals surface area contributed by atoms with E-state index >= 15 is 0 Å². The summed E-state index contributed by atoms with van der Waals surface area (Å²) in [5, 5.41) is 1.17. The molecule has 2 fully saturated rings. The number of morpholine rings is 2. The second-order valence-electron chi connectivity index (χ2n) is 15.3. The van der Waals surface area contributed by atoms with Crippen LogP contribution in [0.25, 0.3) is 22.6 Å². The zero-order valence-electron chi connectivity index (χ0n) is 40.3. The van der Waals surface area contributed by atoms with Crippen molar-refractivity contribution in [3.8, 4) is 45.6 Å². The number of anilines is 2. The first-order valence-electron chi connectivity index (χ1n) is 21.9. The molecule has 18 nitrogen and oxygen atoms in total. The summed E-state index contributed by atoms with van der Waals surface area (Å²) in [4.78, 5) is 42.8. The second kappa shape index (κ2) is 26.3. The predicted molar refractivity (Wildman–Crippen MR) is 268 cm³/mol. The molecule has 0 bridgehead atoms. The van der Waals surface area contributed by atoms with Crippen LogP contribution in [-0.4, -0.2) is 136 Å². The lowest BCUT2D eigenvalue weighted by Crippen LogP contribution is -2.36. The van der Waals surface area contributed by atoms with Gasteiger partial charge in [0.05, 0.1) is 74.4 Å². The number of methoxy groups -OCH3 is 6. The number of halogens is 2. The van der Waals surface area contributed by atoms with Gasteiger partial charge in [-0.3, -0.25) is 14.4 Å². The second-order valence-corrected chi connectivity index (χ2v) is 16.9. The Bertz CT molecular complexity index is 2530. The molecule has 374 valence electrons. The molecular weight excluding hydrogens is 1040 g/mol. The van der Waals surface area contributed by atoms with Crippen LogP contribution in [0.15, 0.2) is 109 Å². The van der Waals surface area contributed by atoms with E-state index in [9.17, 15) is 9.59 Å². The van der Waals surface area contributed by atoms with Crippen molar-refractivity contribution in [2.24, 2.45) is 0 Å². The van der Waals surface area contributed by atoms with Gasteiger partial charge in [0.2, 0.25) is 0 Å². The predicted octanol–water partition coefficient (Wildman–Crippen LogP) is 8.88. The van der Waals surface area contributed by atoms with E-state index in [0.717, 1.165) is 71.9 Å². The zero-order valence-corrected chi connectivity index (χ0v) is 43.4. The molecular formula is C50H57Br2N5O13. The van der Waals surface area contributed by atoms with Gasteiger partial charge in [-0.25, -0.2) is 15.0 Å². The van der Waals surface area contributed by atoms with Gasteiger partial charge in [0.25, 0.3) is 17.6 Å². The highest BCUT2D eigenvalue weighted by Crippen LogP contribution is 2.40. The third-order valence-corrected chi connectivity index (χ3v) is 12.8. The lowest BCUT2D eigenvalue weighted by molar-refractivity contribution is -0.179. The van der Waals surface area contributed by atoms with Crippen LogP contribution in [0.4, 0.5) is 11.4 Å². The molecule has 2 aliphatic heterocycles. The molecule has 2 aromatic heterocycles. The van der Waals surface area contributed by atoms with Gasteiger partial charge in [-0.15, -0.1) is 0 Å². The summed E-state index contributed by atoms with van der Waals surface area (Å²) in [7, 11) is 12.4. The van der Waals surface area contributed by atoms with Gasteiger partial charge in [-0.05, 0) is 91.5 Å². The van der Waals surface area contributed by atoms with Gasteiger partial charge in [0.15, 0.2) is 30.1 Å². The number of ketones is 1. The summed E-state index contributed by atoms with van der Waals surface area (Å²) in [5.41, 5.74) is 5.27. The van der Waals surface area contributed by atoms with Gasteiger partial charge >= 0.3 is 0 Å². The average molecular weight is 1100 g/mol. The number of ether oxygens (including phenoxy) is 8. The number of carbonyl (C=O) groups excluding carboxylic acids is 2. The standard InChI is InChI=1S/C24H25BrN2O6.C15H22N2O4.C11H10BrNO3/c1-29-18-12-16(13-19(30-2)21(18)25)20-14-26-24(33-20)22(28)23(31-3)15-4-6-17(7-5-15)27-8-10-32-11-9-27;1-16(20-3)15(18)14(19-2)12-4-6-13(7-5-12)17-8-10-21-11-9-17;1-14-8-3-7(10-5-13-6-16-10)4-9(15-2)11(8)12/h4-7,12-14,23H,8-11H2,1-3H3;4-7,14H,8-11H2,1-3H3;3-6H,1-2H3. The first kappa shape index (κ1) is 53.4. The molecule has 2 unspecified atom stereocenters. The van der Waals surface area contributed by atoms with E-state index in [2.05, 4.69) is 51.6 Å². The van der Waals surface area contributed by atoms with E-state index in [1.54, 1.807) is 53.8 Å². The van der Waals surface area contributed by atoms with Crippen molar-refractivity contribution in [2.45, 2.75) is 12.2 Å². The van der Waals surface area contributed by atoms with Gasteiger partial charge in [-0.2, -0.15) is 0 Å². The number of hydrogen-bond donors (Lipinski definition) is 0. The lowest BCUT2D eigenvalue weighted by atomic mass is 10.0. The highest BCUT2D eigenvalue weighted by molar-refractivity contribution is 9.11. The monoisotopic (exact) mass is 1090 g/mol. The Hall–Kier alpha value is -6.00. The molecule has 20 heteroatoms. The van der Waals surface area contributed by atoms with E-state index in [4.69, 9.17) is 51.6 Å². The minimum atomic E-state index is -0.829. The number of likely N-dealkylation sites (N-methyl/N-ethyl adjacent to an activating group) is 1. The maximum absolute atomic E-state index is 13.1. The summed E-state index contributed by atoms with van der Waals surface area (Å²) in [6, 6.07) is 22.9. The van der Waals surface area contributed by atoms with Crippen molar-refractivity contribution >= 4 is 54.9 Å². The van der Waals surface area contributed by atoms with E-state index < -0.39 is 12.2 Å². The summed E-state index contributed by atoms with van der Waals surface area (Å²) < 4.78 is 55.3. The van der Waals surface area contributed by atoms with E-state index in [0.29, 0.717) is 57.8 Å². The molecule has 0 spiro atoms. The first-order valence-corrected chi connectivity index (χ1v) is 23.5. The molecule has 4 aromatic carbocycles. The normalized spacial score (nSPS) is 14.3. The number of Topliss-reactive ketones (excluding diaryl/α,β-unsaturated/α-hetero) is 1. The fraction of sp³-hybridized carbons (Fsp3) is 0.360. The molecule has 0 radical (unpaired) electrons. The van der Waals surface area contributed by atoms with Crippen LogP contribution >= 0.6 is 31.9 Å². The molecule has 0 saturated carbocycles. The topological polar surface area (TPSA) is 179 Å². The van der Waals surface area contributed by atoms with Crippen molar-refractivity contribution in [3.05, 3.63) is 118 Å². The number of carbonyl (C=O) groups is 2. The number of aromatic nitrogens is 2. The van der Waals surface area contributed by atoms with E-state index in [1.807, 2.05) is 60.7 Å². The SMILES string of the molecule is COC(C(=O)N(C)OC)c1ccc(N2CCOCC2)cc1.COc1cc(-c2cnc(C(=O)C(OC)c3ccc(N4CCOCC4)cc3)o2)cc(OC)c1Br.COc1cc(-c2cnco2)cc(OC)c1Br. The largest absolute Gasteiger partial charge is 0.495 e. The summed E-state index contributed by atoms with van der Waals surface area (Å²) in [6.45, 7) is 6.39. The fourth-order valence-corrected chi connectivity index (χ4v) is 8.51. The highest BCUT2D eigenvalue weighted by atomic mass is 79.9. The van der Waals surface area contributed by atoms with Crippen LogP contribution in [0.5, 0.6) is 23.0 Å². The van der Waals surface area contributed by atoms with E-state index in [1.165, 1.54) is 39.0 Å². The van der Waals surface area contributed by atoms with Crippen LogP contribution in [0.3, 0.4) is 0 Å². The van der Waals surface area contributed by atoms with Crippen LogP contribution in [0.2, 0.25) is 0 Å². The zero-order chi connectivity index (χ0) is 50.2. The maximum Gasteiger partial charge on any atom is 0.279 e. The Morgan fingerprint density at radius 3 is 1.43 bits per heavy atom. The molecule has 2 atom stereocenters. The Morgan fingerprint density at radius 1 is 0.614 bits per heavy atom. The molecule has 2 aliphatic rings. The van der Waals surface area contributed by atoms with Crippen molar-refractivity contribution in [1.29, 1.82) is 0 Å². The molecule has 0 aliphatic carbocycles. The Morgan fingerprint density at radius 2 is 1.04 bits per heavy atom. The average Bonchev–Trinajstić information content (AvgIpc) is 4.15. The molecule has 1 amide bonds. The molecule has 2 saturated heterocycles. The number of oxazole rings is 2. The molecule has 70 heavy (non-hydrogen) atoms. The van der Waals surface area contributed by atoms with Crippen molar-refractivity contribution < 1.29 is 61.2 Å². The molecule has 4 heterocycles. The van der Waals surface area contributed by atoms with Gasteiger partial charge in [-0.1, -0.05) is 24.3 Å². The fourth-order valence-electron chi connectivity index (χ4n) is 7.41. The van der Waals surface area contributed by atoms with Crippen molar-refractivity contribution in [1.82, 2.24) is 15.0 Å². The van der Waals surface area contributed by atoms with Gasteiger partial charge < -0.3 is 56.5 Å². The van der Waals surface area contributed by atoms with E-state index in [-0.39, 0.29) is 17.6 Å². The van der Waals surface area contributed by atoms with Crippen LogP contribution in [-0.2, 0) is 28.6 Å². The number of hydrogen-bond acceptors (Lipinski definition) is 17. The van der Waals surface area contributed by atoms with Crippen LogP contribution in [0, 0.1) is 0 Å². The third kappa shape index (κ3) is 13.2. The molecule has 6 aromatic rings. The van der Waals surface area contributed by atoms with Crippen LogP contribution < -0.4 is 28.7 Å². The Kier molecular flexibility index (Phi) is 20.0. The van der Waals surface area contributed by atoms with Crippen molar-refractivity contribution in [3.63, 3.8) is 0 Å². The Labute approximate surface area is 423 Å². The number of benzene rings is 4. The number of rotatable bonds is 16. The van der Waals surface area contributed by atoms with Crippen molar-refractivity contribution in [2.75, 3.05) is 119 Å². The lowest BCUT2D eigenvalue weighted by Gasteiger charge is -2.29. The minimum absolute atomic E-state index is 0.0324. The summed E-state index contributed by atoms with van der Waals surface area (Å²) in [6.07, 6.45) is 3.04. The minimum Gasteiger partial charge on any atom is -0.495 e. The smallest absolute Gasteiger partial charge is 0.279 e. The summed E-state index contributed by atoms with van der Waals surface area (Å²) >= 11 is 6.85. The van der Waals surface area contributed by atoms with Gasteiger partial charge in [0.1, 0.15) is 31.9 Å². The number of amides is 1. The first-order chi connectivity index (χ1) is 34.0. The molecule has 0 N–H and O–H groups in total. The van der Waals surface area contributed by atoms with Gasteiger partial charge in [0, 0.05) is 69.9 Å². The van der Waals surface area contributed by atoms with Crippen LogP contribution in [0.1, 0.15) is 34.0 Å². The quantitative estimate of drug-likeness (QED) is 0.0662. The highest BCUT2D eigenvalue weighted by Gasteiger charge is 2.28. The summed E-state index contributed by atoms with van der Waals surface area (Å²) in [5.74, 6) is 2.97. The molecule has 8 rings (SSSR count). The number of hydroxylamine groups is 2.